The smallest absolute Gasteiger partial charge is 0.270 e. The number of non-ortho nitro benzene ring substituents is 1. The zero-order valence-corrected chi connectivity index (χ0v) is 18.1. The Morgan fingerprint density at radius 3 is 2.70 bits per heavy atom. The first-order valence-corrected chi connectivity index (χ1v) is 10.4. The summed E-state index contributed by atoms with van der Waals surface area (Å²) in [5.74, 6) is 0.0542. The Hall–Kier alpha value is -2.82. The van der Waals surface area contributed by atoms with Gasteiger partial charge in [0.2, 0.25) is 0 Å². The Balaban J connectivity index is 1.61. The number of furan rings is 1. The summed E-state index contributed by atoms with van der Waals surface area (Å²) in [6.45, 7) is 0. The highest BCUT2D eigenvalue weighted by atomic mass is 79.9. The molecule has 4 rings (SSSR count). The number of thioether (sulfide) groups is 1. The summed E-state index contributed by atoms with van der Waals surface area (Å²) in [5, 5.41) is 10.9. The Morgan fingerprint density at radius 1 is 1.20 bits per heavy atom. The standard InChI is InChI=1S/C20H10BrFN2O4S2/c21-16-9-13(24(26)27)4-6-15(16)17-7-5-14(28-17)10-18-19(25)23(20(29)30-18)12-3-1-2-11(22)8-12/h1-10H/b18-10+. The van der Waals surface area contributed by atoms with E-state index < -0.39 is 10.7 Å². The van der Waals surface area contributed by atoms with Crippen molar-refractivity contribution in [2.24, 2.45) is 0 Å². The van der Waals surface area contributed by atoms with E-state index in [0.717, 1.165) is 11.8 Å². The minimum Gasteiger partial charge on any atom is -0.457 e. The van der Waals surface area contributed by atoms with Crippen molar-refractivity contribution < 1.29 is 18.5 Å². The molecule has 0 saturated carbocycles. The second-order valence-corrected chi connectivity index (χ2v) is 8.65. The van der Waals surface area contributed by atoms with Gasteiger partial charge < -0.3 is 4.42 Å². The van der Waals surface area contributed by atoms with Gasteiger partial charge >= 0.3 is 0 Å². The second-order valence-electron chi connectivity index (χ2n) is 6.12. The fraction of sp³-hybridized carbons (Fsp3) is 0. The van der Waals surface area contributed by atoms with Crippen molar-refractivity contribution in [2.75, 3.05) is 4.90 Å². The Bertz CT molecular complexity index is 1240. The summed E-state index contributed by atoms with van der Waals surface area (Å²) >= 11 is 9.69. The summed E-state index contributed by atoms with van der Waals surface area (Å²) in [7, 11) is 0. The number of carbonyl (C=O) groups is 1. The van der Waals surface area contributed by atoms with Gasteiger partial charge in [-0.15, -0.1) is 0 Å². The number of nitro benzene ring substituents is 1. The molecule has 1 aliphatic rings. The quantitative estimate of drug-likeness (QED) is 0.183. The molecule has 1 aromatic heterocycles. The number of nitrogens with zero attached hydrogens (tertiary/aromatic N) is 2. The third-order valence-corrected chi connectivity index (χ3v) is 6.15. The average molecular weight is 505 g/mol. The van der Waals surface area contributed by atoms with Gasteiger partial charge in [0.25, 0.3) is 11.6 Å². The molecule has 1 aliphatic heterocycles. The number of anilines is 1. The van der Waals surface area contributed by atoms with Gasteiger partial charge in [-0.3, -0.25) is 19.8 Å². The van der Waals surface area contributed by atoms with Gasteiger partial charge in [0.1, 0.15) is 17.3 Å². The van der Waals surface area contributed by atoms with E-state index in [1.807, 2.05) is 0 Å². The van der Waals surface area contributed by atoms with Crippen molar-refractivity contribution in [1.82, 2.24) is 0 Å². The number of rotatable bonds is 4. The van der Waals surface area contributed by atoms with E-state index in [1.165, 1.54) is 35.2 Å². The lowest BCUT2D eigenvalue weighted by Crippen LogP contribution is -2.27. The van der Waals surface area contributed by atoms with Gasteiger partial charge in [0.05, 0.1) is 15.5 Å². The van der Waals surface area contributed by atoms with Crippen molar-refractivity contribution in [3.8, 4) is 11.3 Å². The van der Waals surface area contributed by atoms with Crippen LogP contribution in [0.2, 0.25) is 0 Å². The number of thiocarbonyl (C=S) groups is 1. The Labute approximate surface area is 187 Å². The van der Waals surface area contributed by atoms with Crippen molar-refractivity contribution in [1.29, 1.82) is 0 Å². The number of amides is 1. The van der Waals surface area contributed by atoms with Crippen LogP contribution in [0.4, 0.5) is 15.8 Å². The maximum absolute atomic E-state index is 13.5. The molecule has 1 amide bonds. The molecular formula is C20H10BrFN2O4S2. The minimum absolute atomic E-state index is 0.0431. The Morgan fingerprint density at radius 2 is 2.00 bits per heavy atom. The molecule has 0 radical (unpaired) electrons. The molecule has 150 valence electrons. The van der Waals surface area contributed by atoms with Crippen molar-refractivity contribution >= 4 is 67.6 Å². The number of carbonyl (C=O) groups excluding carboxylic acids is 1. The maximum Gasteiger partial charge on any atom is 0.270 e. The van der Waals surface area contributed by atoms with E-state index >= 15 is 0 Å². The highest BCUT2D eigenvalue weighted by Gasteiger charge is 2.33. The fourth-order valence-corrected chi connectivity index (χ4v) is 4.67. The molecule has 6 nitrogen and oxygen atoms in total. The summed E-state index contributed by atoms with van der Waals surface area (Å²) in [6, 6.07) is 13.4. The molecular weight excluding hydrogens is 495 g/mol. The molecule has 0 atom stereocenters. The molecule has 2 heterocycles. The van der Waals surface area contributed by atoms with Crippen LogP contribution in [-0.4, -0.2) is 15.2 Å². The van der Waals surface area contributed by atoms with E-state index in [-0.39, 0.29) is 11.6 Å². The van der Waals surface area contributed by atoms with Gasteiger partial charge in [-0.2, -0.15) is 0 Å². The van der Waals surface area contributed by atoms with Gasteiger partial charge in [-0.1, -0.05) is 30.0 Å². The normalized spacial score (nSPS) is 15.3. The van der Waals surface area contributed by atoms with Crippen LogP contribution in [0.1, 0.15) is 5.76 Å². The predicted molar refractivity (Wildman–Crippen MR) is 121 cm³/mol. The topological polar surface area (TPSA) is 76.6 Å². The van der Waals surface area contributed by atoms with Crippen LogP contribution in [0.15, 0.2) is 68.4 Å². The number of hydrogen-bond donors (Lipinski definition) is 0. The van der Waals surface area contributed by atoms with Crippen LogP contribution >= 0.6 is 39.9 Å². The lowest BCUT2D eigenvalue weighted by Gasteiger charge is -2.14. The molecule has 1 saturated heterocycles. The molecule has 10 heteroatoms. The van der Waals surface area contributed by atoms with E-state index in [9.17, 15) is 19.3 Å². The van der Waals surface area contributed by atoms with Crippen molar-refractivity contribution in [2.45, 2.75) is 0 Å². The Kier molecular flexibility index (Phi) is 5.54. The monoisotopic (exact) mass is 504 g/mol. The SMILES string of the molecule is O=C1/C(=C\c2ccc(-c3ccc([N+](=O)[O-])cc3Br)o2)SC(=S)N1c1cccc(F)c1. The van der Waals surface area contributed by atoms with E-state index in [2.05, 4.69) is 15.9 Å². The highest BCUT2D eigenvalue weighted by Crippen LogP contribution is 2.37. The second kappa shape index (κ2) is 8.13. The van der Waals surface area contributed by atoms with Crippen LogP contribution < -0.4 is 4.90 Å². The molecule has 0 bridgehead atoms. The molecule has 2 aromatic carbocycles. The number of nitro groups is 1. The molecule has 0 aliphatic carbocycles. The third-order valence-electron chi connectivity index (χ3n) is 4.19. The third kappa shape index (κ3) is 3.93. The lowest BCUT2D eigenvalue weighted by molar-refractivity contribution is -0.384. The van der Waals surface area contributed by atoms with E-state index in [1.54, 1.807) is 30.3 Å². The minimum atomic E-state index is -0.483. The van der Waals surface area contributed by atoms with Crippen LogP contribution in [0, 0.1) is 15.9 Å². The van der Waals surface area contributed by atoms with Crippen molar-refractivity contribution in [3.05, 3.63) is 85.7 Å². The summed E-state index contributed by atoms with van der Waals surface area (Å²) in [5.41, 5.74) is 0.946. The number of halogens is 2. The number of hydrogen-bond acceptors (Lipinski definition) is 6. The lowest BCUT2D eigenvalue weighted by atomic mass is 10.1. The molecule has 0 N–H and O–H groups in total. The first kappa shape index (κ1) is 20.5. The van der Waals surface area contributed by atoms with Gasteiger partial charge in [-0.05, 0) is 52.3 Å². The number of benzene rings is 2. The van der Waals surface area contributed by atoms with E-state index in [0.29, 0.717) is 36.5 Å². The largest absolute Gasteiger partial charge is 0.457 e. The van der Waals surface area contributed by atoms with E-state index in [4.69, 9.17) is 16.6 Å². The highest BCUT2D eigenvalue weighted by molar-refractivity contribution is 9.10. The predicted octanol–water partition coefficient (Wildman–Crippen LogP) is 6.16. The van der Waals surface area contributed by atoms with Crippen LogP contribution in [0.3, 0.4) is 0 Å². The molecule has 30 heavy (non-hydrogen) atoms. The maximum atomic E-state index is 13.5. The summed E-state index contributed by atoms with van der Waals surface area (Å²) in [4.78, 5) is 24.8. The molecule has 1 fully saturated rings. The molecule has 3 aromatic rings. The summed E-state index contributed by atoms with van der Waals surface area (Å²) in [6.07, 6.45) is 1.56. The zero-order valence-electron chi connectivity index (χ0n) is 14.9. The first-order valence-electron chi connectivity index (χ1n) is 8.41. The van der Waals surface area contributed by atoms with Gasteiger partial charge in [0.15, 0.2) is 4.32 Å². The summed E-state index contributed by atoms with van der Waals surface area (Å²) < 4.78 is 20.1. The average Bonchev–Trinajstić information content (AvgIpc) is 3.26. The molecule has 0 spiro atoms. The zero-order chi connectivity index (χ0) is 21.4. The fourth-order valence-electron chi connectivity index (χ4n) is 2.83. The van der Waals surface area contributed by atoms with Crippen LogP contribution in [-0.2, 0) is 4.79 Å². The van der Waals surface area contributed by atoms with Crippen LogP contribution in [0.25, 0.3) is 17.4 Å². The molecule has 0 unspecified atom stereocenters. The van der Waals surface area contributed by atoms with Crippen LogP contribution in [0.5, 0.6) is 0 Å². The van der Waals surface area contributed by atoms with Gasteiger partial charge in [-0.25, -0.2) is 4.39 Å². The van der Waals surface area contributed by atoms with Gasteiger partial charge in [0, 0.05) is 28.2 Å². The van der Waals surface area contributed by atoms with Crippen molar-refractivity contribution in [3.63, 3.8) is 0 Å². The first-order chi connectivity index (χ1) is 14.3.